The van der Waals surface area contributed by atoms with Gasteiger partial charge in [0.15, 0.2) is 0 Å². The minimum Gasteiger partial charge on any atom is -0.481 e. The Morgan fingerprint density at radius 1 is 1.04 bits per heavy atom. The van der Waals surface area contributed by atoms with Gasteiger partial charge in [-0.2, -0.15) is 4.31 Å². The second-order valence-corrected chi connectivity index (χ2v) is 8.94. The Kier molecular flexibility index (Phi) is 5.01. The molecule has 27 heavy (non-hydrogen) atoms. The van der Waals surface area contributed by atoms with Gasteiger partial charge in [0.1, 0.15) is 12.1 Å². The van der Waals surface area contributed by atoms with Crippen molar-refractivity contribution in [3.8, 4) is 5.88 Å². The highest BCUT2D eigenvalue weighted by Crippen LogP contribution is 2.36. The van der Waals surface area contributed by atoms with E-state index in [1.807, 2.05) is 12.1 Å². The van der Waals surface area contributed by atoms with Gasteiger partial charge >= 0.3 is 0 Å². The molecule has 7 nitrogen and oxygen atoms in total. The Balaban J connectivity index is 1.49. The number of methoxy groups -OCH3 is 1. The summed E-state index contributed by atoms with van der Waals surface area (Å²) in [7, 11) is -1.82. The summed E-state index contributed by atoms with van der Waals surface area (Å²) in [4.78, 5) is 11.2. The number of rotatable bonds is 6. The Labute approximate surface area is 160 Å². The van der Waals surface area contributed by atoms with E-state index in [-0.39, 0.29) is 6.04 Å². The molecular formula is C19H24N4O3S. The van der Waals surface area contributed by atoms with Crippen molar-refractivity contribution < 1.29 is 13.2 Å². The van der Waals surface area contributed by atoms with Gasteiger partial charge in [0, 0.05) is 31.2 Å². The van der Waals surface area contributed by atoms with Crippen LogP contribution < -0.4 is 9.64 Å². The molecule has 1 aliphatic heterocycles. The normalized spacial score (nSPS) is 19.0. The van der Waals surface area contributed by atoms with E-state index in [4.69, 9.17) is 4.74 Å². The van der Waals surface area contributed by atoms with E-state index >= 15 is 0 Å². The summed E-state index contributed by atoms with van der Waals surface area (Å²) in [5.41, 5.74) is 0. The highest BCUT2D eigenvalue weighted by molar-refractivity contribution is 7.89. The number of sulfonamides is 1. The number of nitrogens with zero attached hydrogens (tertiary/aromatic N) is 4. The van der Waals surface area contributed by atoms with Crippen LogP contribution in [0.5, 0.6) is 5.88 Å². The Hall–Kier alpha value is -2.19. The van der Waals surface area contributed by atoms with E-state index < -0.39 is 10.0 Å². The molecule has 1 saturated carbocycles. The van der Waals surface area contributed by atoms with Crippen molar-refractivity contribution in [1.82, 2.24) is 14.3 Å². The summed E-state index contributed by atoms with van der Waals surface area (Å²) in [6.45, 7) is 1.04. The number of hydrogen-bond acceptors (Lipinski definition) is 6. The molecule has 0 unspecified atom stereocenters. The van der Waals surface area contributed by atoms with Crippen LogP contribution >= 0.6 is 0 Å². The van der Waals surface area contributed by atoms with Crippen molar-refractivity contribution in [2.45, 2.75) is 42.7 Å². The molecule has 2 aliphatic rings. The lowest BCUT2D eigenvalue weighted by Crippen LogP contribution is -2.48. The van der Waals surface area contributed by atoms with Crippen molar-refractivity contribution in [1.29, 1.82) is 0 Å². The average molecular weight is 388 g/mol. The molecule has 144 valence electrons. The van der Waals surface area contributed by atoms with E-state index in [1.54, 1.807) is 35.7 Å². The van der Waals surface area contributed by atoms with Gasteiger partial charge in [-0.25, -0.2) is 18.4 Å². The average Bonchev–Trinajstić information content (AvgIpc) is 3.54. The second kappa shape index (κ2) is 7.44. The van der Waals surface area contributed by atoms with Crippen molar-refractivity contribution in [2.24, 2.45) is 0 Å². The van der Waals surface area contributed by atoms with Crippen LogP contribution in [-0.4, -0.2) is 55.0 Å². The molecule has 1 aliphatic carbocycles. The van der Waals surface area contributed by atoms with E-state index in [1.165, 1.54) is 6.33 Å². The lowest BCUT2D eigenvalue weighted by atomic mass is 10.0. The van der Waals surface area contributed by atoms with Crippen LogP contribution in [0, 0.1) is 0 Å². The molecule has 0 N–H and O–H groups in total. The minimum atomic E-state index is -3.42. The Bertz CT molecular complexity index is 879. The summed E-state index contributed by atoms with van der Waals surface area (Å²) in [5.74, 6) is 1.42. The molecule has 1 aromatic heterocycles. The summed E-state index contributed by atoms with van der Waals surface area (Å²) in [5, 5.41) is 0. The molecule has 0 atom stereocenters. The number of piperidine rings is 1. The first-order valence-electron chi connectivity index (χ1n) is 9.29. The maximum Gasteiger partial charge on any atom is 0.243 e. The van der Waals surface area contributed by atoms with Gasteiger partial charge in [-0.15, -0.1) is 0 Å². The Morgan fingerprint density at radius 2 is 1.70 bits per heavy atom. The largest absolute Gasteiger partial charge is 0.481 e. The molecule has 1 saturated heterocycles. The van der Waals surface area contributed by atoms with Gasteiger partial charge < -0.3 is 9.64 Å². The number of benzene rings is 1. The van der Waals surface area contributed by atoms with Crippen LogP contribution in [0.1, 0.15) is 25.7 Å². The molecule has 2 heterocycles. The second-order valence-electron chi connectivity index (χ2n) is 7.01. The molecule has 0 radical (unpaired) electrons. The van der Waals surface area contributed by atoms with Crippen LogP contribution in [0.2, 0.25) is 0 Å². The van der Waals surface area contributed by atoms with E-state index in [2.05, 4.69) is 14.9 Å². The summed E-state index contributed by atoms with van der Waals surface area (Å²) >= 11 is 0. The van der Waals surface area contributed by atoms with E-state index in [9.17, 15) is 8.42 Å². The zero-order chi connectivity index (χ0) is 18.9. The molecule has 0 spiro atoms. The van der Waals surface area contributed by atoms with E-state index in [0.717, 1.165) is 31.5 Å². The number of ether oxygens (including phenoxy) is 1. The standard InChI is InChI=1S/C19H24N4O3S/c1-26-19-13-18(20-14-21-19)23(15-7-8-15)16-9-11-22(12-10-16)27(24,25)17-5-3-2-4-6-17/h2-6,13-16H,7-12H2,1H3. The van der Waals surface area contributed by atoms with Crippen LogP contribution in [-0.2, 0) is 10.0 Å². The van der Waals surface area contributed by atoms with Crippen LogP contribution in [0.4, 0.5) is 5.82 Å². The van der Waals surface area contributed by atoms with Crippen molar-refractivity contribution in [3.63, 3.8) is 0 Å². The number of aromatic nitrogens is 2. The zero-order valence-corrected chi connectivity index (χ0v) is 16.2. The van der Waals surface area contributed by atoms with Crippen LogP contribution in [0.15, 0.2) is 47.6 Å². The topological polar surface area (TPSA) is 75.6 Å². The summed E-state index contributed by atoms with van der Waals surface area (Å²) < 4.78 is 32.5. The van der Waals surface area contributed by atoms with Crippen LogP contribution in [0.3, 0.4) is 0 Å². The van der Waals surface area contributed by atoms with Crippen molar-refractivity contribution in [3.05, 3.63) is 42.7 Å². The third-order valence-electron chi connectivity index (χ3n) is 5.24. The number of anilines is 1. The molecule has 0 bridgehead atoms. The smallest absolute Gasteiger partial charge is 0.243 e. The first-order valence-corrected chi connectivity index (χ1v) is 10.7. The fourth-order valence-electron chi connectivity index (χ4n) is 3.71. The minimum absolute atomic E-state index is 0.277. The highest BCUT2D eigenvalue weighted by Gasteiger charge is 2.38. The summed E-state index contributed by atoms with van der Waals surface area (Å²) in [6.07, 6.45) is 5.39. The SMILES string of the molecule is COc1cc(N(C2CC2)C2CCN(S(=O)(=O)c3ccccc3)CC2)ncn1. The van der Waals surface area contributed by atoms with Crippen molar-refractivity contribution in [2.75, 3.05) is 25.1 Å². The fourth-order valence-corrected chi connectivity index (χ4v) is 5.20. The first-order chi connectivity index (χ1) is 13.1. The predicted molar refractivity (Wildman–Crippen MR) is 102 cm³/mol. The molecule has 0 amide bonds. The molecule has 2 fully saturated rings. The Morgan fingerprint density at radius 3 is 2.33 bits per heavy atom. The summed E-state index contributed by atoms with van der Waals surface area (Å²) in [6, 6.07) is 11.3. The fraction of sp³-hybridized carbons (Fsp3) is 0.474. The van der Waals surface area contributed by atoms with Gasteiger partial charge in [0.25, 0.3) is 0 Å². The van der Waals surface area contributed by atoms with Gasteiger partial charge in [0.05, 0.1) is 12.0 Å². The first kappa shape index (κ1) is 18.2. The molecule has 4 rings (SSSR count). The quantitative estimate of drug-likeness (QED) is 0.756. The molecule has 8 heteroatoms. The predicted octanol–water partition coefficient (Wildman–Crippen LogP) is 2.31. The maximum atomic E-state index is 12.8. The highest BCUT2D eigenvalue weighted by atomic mass is 32.2. The molecule has 2 aromatic rings. The van der Waals surface area contributed by atoms with Gasteiger partial charge in [-0.05, 0) is 37.8 Å². The van der Waals surface area contributed by atoms with Gasteiger partial charge in [-0.1, -0.05) is 18.2 Å². The van der Waals surface area contributed by atoms with Crippen molar-refractivity contribution >= 4 is 15.8 Å². The molecular weight excluding hydrogens is 364 g/mol. The monoisotopic (exact) mass is 388 g/mol. The van der Waals surface area contributed by atoms with Crippen LogP contribution in [0.25, 0.3) is 0 Å². The van der Waals surface area contributed by atoms with Gasteiger partial charge in [0.2, 0.25) is 15.9 Å². The molecule has 1 aromatic carbocycles. The van der Waals surface area contributed by atoms with Gasteiger partial charge in [-0.3, -0.25) is 0 Å². The third kappa shape index (κ3) is 3.77. The zero-order valence-electron chi connectivity index (χ0n) is 15.4. The lowest BCUT2D eigenvalue weighted by molar-refractivity contribution is 0.308. The third-order valence-corrected chi connectivity index (χ3v) is 7.15. The lowest BCUT2D eigenvalue weighted by Gasteiger charge is -2.39. The maximum absolute atomic E-state index is 12.8. The number of hydrogen-bond donors (Lipinski definition) is 0. The van der Waals surface area contributed by atoms with E-state index in [0.29, 0.717) is 29.9 Å².